The summed E-state index contributed by atoms with van der Waals surface area (Å²) in [5, 5.41) is 0. The quantitative estimate of drug-likeness (QED) is 0.552. The van der Waals surface area contributed by atoms with Gasteiger partial charge in [-0.1, -0.05) is 37.6 Å². The van der Waals surface area contributed by atoms with Crippen LogP contribution in [0.3, 0.4) is 0 Å². The van der Waals surface area contributed by atoms with Crippen molar-refractivity contribution >= 4 is 0 Å². The fourth-order valence-corrected chi connectivity index (χ4v) is 3.49. The molecule has 0 nitrogen and oxygen atoms in total. The predicted octanol–water partition coefficient (Wildman–Crippen LogP) is 6.65. The van der Waals surface area contributed by atoms with Gasteiger partial charge in [-0.2, -0.15) is 13.2 Å². The third-order valence-electron chi connectivity index (χ3n) is 4.95. The van der Waals surface area contributed by atoms with E-state index in [1.807, 2.05) is 0 Å². The molecule has 2 rings (SSSR count). The van der Waals surface area contributed by atoms with Crippen LogP contribution in [-0.4, -0.2) is 6.18 Å². The Bertz CT molecular complexity index is 425. The van der Waals surface area contributed by atoms with Crippen LogP contribution in [0.5, 0.6) is 0 Å². The summed E-state index contributed by atoms with van der Waals surface area (Å²) in [6, 6.07) is 8.90. The van der Waals surface area contributed by atoms with Crippen molar-refractivity contribution in [2.24, 2.45) is 5.92 Å². The van der Waals surface area contributed by atoms with Crippen LogP contribution in [0, 0.1) is 5.92 Å². The van der Waals surface area contributed by atoms with Crippen LogP contribution >= 0.6 is 0 Å². The summed E-state index contributed by atoms with van der Waals surface area (Å²) in [4.78, 5) is 0. The van der Waals surface area contributed by atoms with Gasteiger partial charge < -0.3 is 0 Å². The Morgan fingerprint density at radius 3 is 2.18 bits per heavy atom. The second kappa shape index (κ2) is 8.03. The Morgan fingerprint density at radius 2 is 1.64 bits per heavy atom. The van der Waals surface area contributed by atoms with E-state index in [-0.39, 0.29) is 5.92 Å². The first-order valence-corrected chi connectivity index (χ1v) is 8.63. The van der Waals surface area contributed by atoms with Gasteiger partial charge in [-0.15, -0.1) is 0 Å². The number of halogens is 3. The molecule has 3 heteroatoms. The highest BCUT2D eigenvalue weighted by Crippen LogP contribution is 2.39. The van der Waals surface area contributed by atoms with Gasteiger partial charge in [-0.3, -0.25) is 0 Å². The predicted molar refractivity (Wildman–Crippen MR) is 85.0 cm³/mol. The first-order chi connectivity index (χ1) is 10.5. The standard InChI is InChI=1S/C19H27F3/c1-2-3-4-15-5-9-17(10-6-15)18-11-7-16(8-12-18)13-14-19(20,21)22/h5-6,9-10,16,18H,2-4,7-8,11-14H2,1H3. The fraction of sp³-hybridized carbons (Fsp3) is 0.684. The van der Waals surface area contributed by atoms with E-state index < -0.39 is 12.6 Å². The molecule has 1 fully saturated rings. The molecule has 124 valence electrons. The minimum Gasteiger partial charge on any atom is -0.171 e. The average molecular weight is 312 g/mol. The van der Waals surface area contributed by atoms with Gasteiger partial charge in [0.1, 0.15) is 0 Å². The lowest BCUT2D eigenvalue weighted by Gasteiger charge is -2.29. The van der Waals surface area contributed by atoms with Gasteiger partial charge in [-0.25, -0.2) is 0 Å². The largest absolute Gasteiger partial charge is 0.389 e. The zero-order valence-electron chi connectivity index (χ0n) is 13.5. The normalized spacial score (nSPS) is 22.7. The van der Waals surface area contributed by atoms with E-state index in [9.17, 15) is 13.2 Å². The Labute approximate surface area is 132 Å². The molecule has 0 atom stereocenters. The fourth-order valence-electron chi connectivity index (χ4n) is 3.49. The van der Waals surface area contributed by atoms with E-state index in [0.717, 1.165) is 32.1 Å². The van der Waals surface area contributed by atoms with Gasteiger partial charge in [0.15, 0.2) is 0 Å². The van der Waals surface area contributed by atoms with E-state index in [4.69, 9.17) is 0 Å². The number of aryl methyl sites for hydroxylation is 1. The summed E-state index contributed by atoms with van der Waals surface area (Å²) in [5.41, 5.74) is 2.76. The summed E-state index contributed by atoms with van der Waals surface area (Å²) in [7, 11) is 0. The number of rotatable bonds is 6. The number of hydrogen-bond acceptors (Lipinski definition) is 0. The molecule has 1 saturated carbocycles. The number of alkyl halides is 3. The van der Waals surface area contributed by atoms with Gasteiger partial charge in [0.25, 0.3) is 0 Å². The van der Waals surface area contributed by atoms with Crippen molar-refractivity contribution in [3.8, 4) is 0 Å². The zero-order chi connectivity index (χ0) is 16.0. The molecule has 0 aliphatic heterocycles. The lowest BCUT2D eigenvalue weighted by atomic mass is 9.77. The first kappa shape index (κ1) is 17.4. The van der Waals surface area contributed by atoms with E-state index in [0.29, 0.717) is 12.3 Å². The van der Waals surface area contributed by atoms with E-state index in [1.165, 1.54) is 24.0 Å². The lowest BCUT2D eigenvalue weighted by Crippen LogP contribution is -2.16. The van der Waals surface area contributed by atoms with Gasteiger partial charge in [0.2, 0.25) is 0 Å². The molecule has 1 aromatic carbocycles. The Hall–Kier alpha value is -0.990. The monoisotopic (exact) mass is 312 g/mol. The van der Waals surface area contributed by atoms with Crippen LogP contribution in [0.2, 0.25) is 0 Å². The highest BCUT2D eigenvalue weighted by molar-refractivity contribution is 5.25. The lowest BCUT2D eigenvalue weighted by molar-refractivity contribution is -0.138. The maximum atomic E-state index is 12.3. The molecule has 0 spiro atoms. The minimum absolute atomic E-state index is 0.265. The molecule has 0 heterocycles. The van der Waals surface area contributed by atoms with Crippen molar-refractivity contribution < 1.29 is 13.2 Å². The highest BCUT2D eigenvalue weighted by atomic mass is 19.4. The van der Waals surface area contributed by atoms with Crippen molar-refractivity contribution in [2.75, 3.05) is 0 Å². The summed E-state index contributed by atoms with van der Waals surface area (Å²) >= 11 is 0. The molecule has 0 amide bonds. The zero-order valence-corrected chi connectivity index (χ0v) is 13.5. The Kier molecular flexibility index (Phi) is 6.34. The maximum Gasteiger partial charge on any atom is 0.389 e. The second-order valence-corrected chi connectivity index (χ2v) is 6.72. The molecule has 0 radical (unpaired) electrons. The third-order valence-corrected chi connectivity index (χ3v) is 4.95. The first-order valence-electron chi connectivity index (χ1n) is 8.63. The van der Waals surface area contributed by atoms with Crippen LogP contribution in [0.15, 0.2) is 24.3 Å². The van der Waals surface area contributed by atoms with Gasteiger partial charge in [-0.05, 0) is 67.9 Å². The van der Waals surface area contributed by atoms with E-state index >= 15 is 0 Å². The SMILES string of the molecule is CCCCc1ccc(C2CCC(CCC(F)(F)F)CC2)cc1. The molecule has 0 unspecified atom stereocenters. The summed E-state index contributed by atoms with van der Waals surface area (Å²) in [6.07, 6.45) is 3.24. The molecule has 0 saturated heterocycles. The van der Waals surface area contributed by atoms with Crippen LogP contribution in [0.1, 0.15) is 75.3 Å². The molecule has 22 heavy (non-hydrogen) atoms. The highest BCUT2D eigenvalue weighted by Gasteiger charge is 2.30. The molecule has 1 aliphatic rings. The number of unbranched alkanes of at least 4 members (excludes halogenated alkanes) is 1. The average Bonchev–Trinajstić information content (AvgIpc) is 2.51. The summed E-state index contributed by atoms with van der Waals surface area (Å²) in [5.74, 6) is 0.809. The maximum absolute atomic E-state index is 12.3. The Balaban J connectivity index is 1.78. The van der Waals surface area contributed by atoms with Crippen molar-refractivity contribution in [1.29, 1.82) is 0 Å². The van der Waals surface area contributed by atoms with Crippen molar-refractivity contribution in [2.45, 2.75) is 76.8 Å². The second-order valence-electron chi connectivity index (χ2n) is 6.72. The molecule has 0 N–H and O–H groups in total. The van der Waals surface area contributed by atoms with Crippen molar-refractivity contribution in [3.05, 3.63) is 35.4 Å². The van der Waals surface area contributed by atoms with Crippen LogP contribution in [-0.2, 0) is 6.42 Å². The van der Waals surface area contributed by atoms with Gasteiger partial charge in [0.05, 0.1) is 0 Å². The summed E-state index contributed by atoms with van der Waals surface area (Å²) in [6.45, 7) is 2.20. The minimum atomic E-state index is -3.99. The topological polar surface area (TPSA) is 0 Å². The van der Waals surface area contributed by atoms with Crippen LogP contribution in [0.4, 0.5) is 13.2 Å². The molecular weight excluding hydrogens is 285 g/mol. The number of hydrogen-bond donors (Lipinski definition) is 0. The van der Waals surface area contributed by atoms with Crippen molar-refractivity contribution in [3.63, 3.8) is 0 Å². The van der Waals surface area contributed by atoms with Crippen molar-refractivity contribution in [1.82, 2.24) is 0 Å². The van der Waals surface area contributed by atoms with Crippen LogP contribution < -0.4 is 0 Å². The van der Waals surface area contributed by atoms with Crippen LogP contribution in [0.25, 0.3) is 0 Å². The molecule has 0 bridgehead atoms. The molecule has 1 aromatic rings. The van der Waals surface area contributed by atoms with Gasteiger partial charge in [0, 0.05) is 6.42 Å². The molecule has 0 aromatic heterocycles. The molecular formula is C19H27F3. The van der Waals surface area contributed by atoms with Gasteiger partial charge >= 0.3 is 6.18 Å². The van der Waals surface area contributed by atoms with E-state index in [1.54, 1.807) is 0 Å². The van der Waals surface area contributed by atoms with E-state index in [2.05, 4.69) is 31.2 Å². The molecule has 1 aliphatic carbocycles. The summed E-state index contributed by atoms with van der Waals surface area (Å²) < 4.78 is 36.8. The smallest absolute Gasteiger partial charge is 0.171 e. The number of benzene rings is 1. The Morgan fingerprint density at radius 1 is 1.00 bits per heavy atom. The third kappa shape index (κ3) is 5.66.